The molecule has 0 spiro atoms. The molecule has 2 atom stereocenters. The van der Waals surface area contributed by atoms with Crippen molar-refractivity contribution in [2.45, 2.75) is 25.9 Å². The van der Waals surface area contributed by atoms with Crippen molar-refractivity contribution in [1.82, 2.24) is 4.90 Å². The zero-order chi connectivity index (χ0) is 12.3. The quantitative estimate of drug-likeness (QED) is 0.828. The van der Waals surface area contributed by atoms with Crippen LogP contribution in [-0.4, -0.2) is 31.1 Å². The predicted octanol–water partition coefficient (Wildman–Crippen LogP) is 3.56. The predicted molar refractivity (Wildman–Crippen MR) is 74.5 cm³/mol. The topological polar surface area (TPSA) is 12.5 Å². The lowest BCUT2D eigenvalue weighted by Crippen LogP contribution is -2.30. The van der Waals surface area contributed by atoms with Crippen molar-refractivity contribution >= 4 is 15.9 Å². The minimum absolute atomic E-state index is 0.342. The Labute approximate surface area is 112 Å². The zero-order valence-corrected chi connectivity index (χ0v) is 12.1. The van der Waals surface area contributed by atoms with Crippen LogP contribution in [0.25, 0.3) is 0 Å². The van der Waals surface area contributed by atoms with Crippen LogP contribution in [0.5, 0.6) is 5.75 Å². The van der Waals surface area contributed by atoms with Crippen LogP contribution in [0.4, 0.5) is 0 Å². The van der Waals surface area contributed by atoms with Crippen LogP contribution in [0.3, 0.4) is 0 Å². The lowest BCUT2D eigenvalue weighted by molar-refractivity contribution is 0.131. The molecule has 1 fully saturated rings. The molecule has 2 rings (SSSR count). The molecule has 1 aromatic rings. The van der Waals surface area contributed by atoms with E-state index in [4.69, 9.17) is 4.74 Å². The second-order valence-corrected chi connectivity index (χ2v) is 5.91. The van der Waals surface area contributed by atoms with Crippen LogP contribution in [-0.2, 0) is 0 Å². The van der Waals surface area contributed by atoms with Crippen molar-refractivity contribution in [2.24, 2.45) is 5.92 Å². The van der Waals surface area contributed by atoms with Gasteiger partial charge >= 0.3 is 0 Å². The number of ether oxygens (including phenoxy) is 1. The molecule has 17 heavy (non-hydrogen) atoms. The van der Waals surface area contributed by atoms with Gasteiger partial charge in [0.05, 0.1) is 0 Å². The number of halogens is 1. The maximum Gasteiger partial charge on any atom is 0.120 e. The van der Waals surface area contributed by atoms with E-state index >= 15 is 0 Å². The molecule has 3 heteroatoms. The molecule has 0 aromatic heterocycles. The van der Waals surface area contributed by atoms with Crippen molar-refractivity contribution in [3.63, 3.8) is 0 Å². The Bertz CT molecular complexity index is 369. The van der Waals surface area contributed by atoms with Gasteiger partial charge in [0.1, 0.15) is 11.9 Å². The average Bonchev–Trinajstić information content (AvgIpc) is 2.41. The van der Waals surface area contributed by atoms with E-state index in [1.54, 1.807) is 0 Å². The molecule has 0 N–H and O–H groups in total. The smallest absolute Gasteiger partial charge is 0.120 e. The Morgan fingerprint density at radius 3 is 3.00 bits per heavy atom. The van der Waals surface area contributed by atoms with E-state index in [2.05, 4.69) is 34.8 Å². The summed E-state index contributed by atoms with van der Waals surface area (Å²) in [5, 5.41) is 0. The van der Waals surface area contributed by atoms with Crippen LogP contribution in [0, 0.1) is 5.92 Å². The molecule has 1 heterocycles. The maximum absolute atomic E-state index is 6.12. The van der Waals surface area contributed by atoms with Gasteiger partial charge in [0, 0.05) is 16.9 Å². The molecular formula is C14H20BrNO. The average molecular weight is 298 g/mol. The Morgan fingerprint density at radius 1 is 1.41 bits per heavy atom. The number of hydrogen-bond donors (Lipinski definition) is 0. The lowest BCUT2D eigenvalue weighted by Gasteiger charge is -2.24. The van der Waals surface area contributed by atoms with Crippen LogP contribution in [0.1, 0.15) is 19.8 Å². The number of likely N-dealkylation sites (tertiary alicyclic amines) is 1. The standard InChI is InChI=1S/C14H20BrNO/c1-11-10-16(2)8-4-7-14(11)17-13-6-3-5-12(15)9-13/h3,5-6,9,11,14H,4,7-8,10H2,1-2H3. The Hall–Kier alpha value is -0.540. The van der Waals surface area contributed by atoms with Crippen molar-refractivity contribution in [1.29, 1.82) is 0 Å². The van der Waals surface area contributed by atoms with Crippen molar-refractivity contribution in [2.75, 3.05) is 20.1 Å². The van der Waals surface area contributed by atoms with E-state index in [-0.39, 0.29) is 0 Å². The highest BCUT2D eigenvalue weighted by Crippen LogP contribution is 2.24. The van der Waals surface area contributed by atoms with Gasteiger partial charge in [-0.1, -0.05) is 28.9 Å². The van der Waals surface area contributed by atoms with Gasteiger partial charge in [0.15, 0.2) is 0 Å². The number of benzene rings is 1. The summed E-state index contributed by atoms with van der Waals surface area (Å²) in [6, 6.07) is 8.12. The summed E-state index contributed by atoms with van der Waals surface area (Å²) in [7, 11) is 2.19. The molecule has 1 aromatic carbocycles. The third-order valence-corrected chi connectivity index (χ3v) is 3.84. The summed E-state index contributed by atoms with van der Waals surface area (Å²) in [4.78, 5) is 2.40. The van der Waals surface area contributed by atoms with Gasteiger partial charge in [-0.3, -0.25) is 0 Å². The van der Waals surface area contributed by atoms with Crippen molar-refractivity contribution < 1.29 is 4.74 Å². The fourth-order valence-corrected chi connectivity index (χ4v) is 2.82. The van der Waals surface area contributed by atoms with E-state index < -0.39 is 0 Å². The van der Waals surface area contributed by atoms with Gasteiger partial charge < -0.3 is 9.64 Å². The normalized spacial score (nSPS) is 26.5. The molecule has 2 nitrogen and oxygen atoms in total. The van der Waals surface area contributed by atoms with Crippen LogP contribution in [0.2, 0.25) is 0 Å². The highest BCUT2D eigenvalue weighted by Gasteiger charge is 2.23. The Balaban J connectivity index is 2.02. The fraction of sp³-hybridized carbons (Fsp3) is 0.571. The summed E-state index contributed by atoms with van der Waals surface area (Å²) in [6.07, 6.45) is 2.71. The van der Waals surface area contributed by atoms with Crippen LogP contribution < -0.4 is 4.74 Å². The van der Waals surface area contributed by atoms with Gasteiger partial charge in [-0.05, 0) is 44.6 Å². The highest BCUT2D eigenvalue weighted by atomic mass is 79.9. The lowest BCUT2D eigenvalue weighted by atomic mass is 10.0. The molecule has 0 radical (unpaired) electrons. The van der Waals surface area contributed by atoms with Gasteiger partial charge in [0.25, 0.3) is 0 Å². The number of nitrogens with zero attached hydrogens (tertiary/aromatic N) is 1. The summed E-state index contributed by atoms with van der Waals surface area (Å²) in [5.74, 6) is 1.56. The minimum atomic E-state index is 0.342. The molecule has 0 bridgehead atoms. The first-order chi connectivity index (χ1) is 8.15. The minimum Gasteiger partial charge on any atom is -0.490 e. The van der Waals surface area contributed by atoms with E-state index in [9.17, 15) is 0 Å². The molecule has 0 aliphatic carbocycles. The van der Waals surface area contributed by atoms with Gasteiger partial charge in [0.2, 0.25) is 0 Å². The zero-order valence-electron chi connectivity index (χ0n) is 10.5. The summed E-state index contributed by atoms with van der Waals surface area (Å²) >= 11 is 3.48. The van der Waals surface area contributed by atoms with Gasteiger partial charge in [-0.15, -0.1) is 0 Å². The third-order valence-electron chi connectivity index (χ3n) is 3.35. The summed E-state index contributed by atoms with van der Waals surface area (Å²) in [5.41, 5.74) is 0. The first-order valence-corrected chi connectivity index (χ1v) is 7.05. The Morgan fingerprint density at radius 2 is 2.24 bits per heavy atom. The van der Waals surface area contributed by atoms with Crippen LogP contribution in [0.15, 0.2) is 28.7 Å². The van der Waals surface area contributed by atoms with Crippen LogP contribution >= 0.6 is 15.9 Å². The second kappa shape index (κ2) is 5.87. The van der Waals surface area contributed by atoms with E-state index in [1.165, 1.54) is 13.0 Å². The summed E-state index contributed by atoms with van der Waals surface area (Å²) in [6.45, 7) is 4.59. The Kier molecular flexibility index (Phi) is 4.46. The maximum atomic E-state index is 6.12. The number of hydrogen-bond acceptors (Lipinski definition) is 2. The largest absolute Gasteiger partial charge is 0.490 e. The molecule has 0 amide bonds. The molecule has 0 saturated carbocycles. The fourth-order valence-electron chi connectivity index (χ4n) is 2.44. The number of rotatable bonds is 2. The monoisotopic (exact) mass is 297 g/mol. The molecule has 2 unspecified atom stereocenters. The van der Waals surface area contributed by atoms with E-state index in [0.717, 1.165) is 23.2 Å². The summed E-state index contributed by atoms with van der Waals surface area (Å²) < 4.78 is 7.20. The SMILES string of the molecule is CC1CN(C)CCCC1Oc1cccc(Br)c1. The first kappa shape index (κ1) is 12.9. The first-order valence-electron chi connectivity index (χ1n) is 6.26. The third kappa shape index (κ3) is 3.71. The van der Waals surface area contributed by atoms with Crippen molar-refractivity contribution in [3.8, 4) is 5.75 Å². The van der Waals surface area contributed by atoms with Gasteiger partial charge in [-0.2, -0.15) is 0 Å². The second-order valence-electron chi connectivity index (χ2n) is 5.00. The molecule has 1 aliphatic rings. The van der Waals surface area contributed by atoms with E-state index in [0.29, 0.717) is 12.0 Å². The van der Waals surface area contributed by atoms with E-state index in [1.807, 2.05) is 24.3 Å². The van der Waals surface area contributed by atoms with Crippen molar-refractivity contribution in [3.05, 3.63) is 28.7 Å². The molecule has 1 saturated heterocycles. The highest BCUT2D eigenvalue weighted by molar-refractivity contribution is 9.10. The molecular weight excluding hydrogens is 278 g/mol. The van der Waals surface area contributed by atoms with Gasteiger partial charge in [-0.25, -0.2) is 0 Å². The molecule has 94 valence electrons. The molecule has 1 aliphatic heterocycles.